The number of hydrogen-bond donors (Lipinski definition) is 1. The largest absolute Gasteiger partial charge is 0.323 e. The molecule has 100 valence electrons. The third kappa shape index (κ3) is 2.14. The van der Waals surface area contributed by atoms with E-state index in [2.05, 4.69) is 20.4 Å². The van der Waals surface area contributed by atoms with Gasteiger partial charge in [0.1, 0.15) is 12.1 Å². The van der Waals surface area contributed by atoms with E-state index >= 15 is 0 Å². The predicted molar refractivity (Wildman–Crippen MR) is 72.7 cm³/mol. The van der Waals surface area contributed by atoms with Crippen molar-refractivity contribution in [2.24, 2.45) is 7.05 Å². The molecule has 0 bridgehead atoms. The molecule has 2 heterocycles. The van der Waals surface area contributed by atoms with Gasteiger partial charge in [0.2, 0.25) is 0 Å². The summed E-state index contributed by atoms with van der Waals surface area (Å²) < 4.78 is 1.65. The number of nitro groups is 1. The normalized spacial score (nSPS) is 10.7. The summed E-state index contributed by atoms with van der Waals surface area (Å²) in [6.07, 6.45) is 3.19. The van der Waals surface area contributed by atoms with Crippen molar-refractivity contribution in [3.8, 4) is 0 Å². The Labute approximate surface area is 113 Å². The Morgan fingerprint density at radius 3 is 2.85 bits per heavy atom. The summed E-state index contributed by atoms with van der Waals surface area (Å²) in [5, 5.41) is 18.6. The quantitative estimate of drug-likeness (QED) is 0.577. The second-order valence-electron chi connectivity index (χ2n) is 4.18. The van der Waals surface area contributed by atoms with Gasteiger partial charge in [-0.1, -0.05) is 0 Å². The first-order valence-corrected chi connectivity index (χ1v) is 5.79. The van der Waals surface area contributed by atoms with Gasteiger partial charge >= 0.3 is 0 Å². The Hall–Kier alpha value is -3.03. The number of hydrogen-bond acceptors (Lipinski definition) is 6. The molecule has 0 radical (unpaired) electrons. The third-order valence-corrected chi connectivity index (χ3v) is 2.79. The van der Waals surface area contributed by atoms with Crippen LogP contribution in [0.1, 0.15) is 0 Å². The predicted octanol–water partition coefficient (Wildman–Crippen LogP) is 2.02. The number of non-ortho nitro benzene ring substituents is 1. The maximum Gasteiger partial charge on any atom is 0.270 e. The van der Waals surface area contributed by atoms with Crippen LogP contribution in [0.2, 0.25) is 0 Å². The average Bonchev–Trinajstić information content (AvgIpc) is 2.84. The van der Waals surface area contributed by atoms with Gasteiger partial charge in [-0.2, -0.15) is 5.10 Å². The molecule has 8 heteroatoms. The molecule has 3 aromatic rings. The molecule has 0 fully saturated rings. The van der Waals surface area contributed by atoms with Gasteiger partial charge in [0.05, 0.1) is 10.4 Å². The van der Waals surface area contributed by atoms with E-state index in [9.17, 15) is 10.1 Å². The zero-order valence-corrected chi connectivity index (χ0v) is 10.5. The molecule has 1 aromatic carbocycles. The van der Waals surface area contributed by atoms with Crippen LogP contribution in [-0.2, 0) is 7.05 Å². The van der Waals surface area contributed by atoms with E-state index in [-0.39, 0.29) is 5.69 Å². The lowest BCUT2D eigenvalue weighted by molar-refractivity contribution is -0.384. The molecule has 0 amide bonds. The van der Waals surface area contributed by atoms with Gasteiger partial charge in [-0.15, -0.1) is 0 Å². The molecule has 0 atom stereocenters. The van der Waals surface area contributed by atoms with Crippen LogP contribution in [0, 0.1) is 10.1 Å². The van der Waals surface area contributed by atoms with E-state index < -0.39 is 4.92 Å². The van der Waals surface area contributed by atoms with E-state index in [1.165, 1.54) is 18.5 Å². The number of fused-ring (bicyclic) bond motifs is 1. The Morgan fingerprint density at radius 1 is 1.30 bits per heavy atom. The number of nitrogens with zero attached hydrogens (tertiary/aromatic N) is 5. The topological polar surface area (TPSA) is 98.8 Å². The van der Waals surface area contributed by atoms with Gasteiger partial charge < -0.3 is 5.32 Å². The molecule has 8 nitrogen and oxygen atoms in total. The van der Waals surface area contributed by atoms with Gasteiger partial charge in [0.25, 0.3) is 5.69 Å². The van der Waals surface area contributed by atoms with Crippen LogP contribution in [0.3, 0.4) is 0 Å². The van der Waals surface area contributed by atoms with Gasteiger partial charge in [-0.05, 0) is 6.07 Å². The van der Waals surface area contributed by atoms with Crippen molar-refractivity contribution < 1.29 is 4.92 Å². The highest BCUT2D eigenvalue weighted by Gasteiger charge is 2.11. The van der Waals surface area contributed by atoms with E-state index in [4.69, 9.17) is 0 Å². The first-order chi connectivity index (χ1) is 9.63. The molecule has 0 saturated carbocycles. The lowest BCUT2D eigenvalue weighted by Crippen LogP contribution is -1.98. The van der Waals surface area contributed by atoms with Crippen molar-refractivity contribution in [1.29, 1.82) is 0 Å². The average molecular weight is 270 g/mol. The minimum atomic E-state index is -0.447. The van der Waals surface area contributed by atoms with Crippen LogP contribution in [-0.4, -0.2) is 24.7 Å². The Bertz CT molecular complexity index is 797. The van der Waals surface area contributed by atoms with Crippen LogP contribution >= 0.6 is 0 Å². The fraction of sp³-hybridized carbons (Fsp3) is 0.0833. The summed E-state index contributed by atoms with van der Waals surface area (Å²) in [6, 6.07) is 6.24. The SMILES string of the molecule is Cn1ccc(Nc2ncnc3ccc([N+](=O)[O-])cc23)n1. The maximum absolute atomic E-state index is 10.8. The fourth-order valence-corrected chi connectivity index (χ4v) is 1.86. The number of nitrogens with one attached hydrogen (secondary N) is 1. The van der Waals surface area contributed by atoms with Crippen molar-refractivity contribution in [1.82, 2.24) is 19.7 Å². The Balaban J connectivity index is 2.09. The molecule has 2 aromatic heterocycles. The van der Waals surface area contributed by atoms with Gasteiger partial charge in [-0.3, -0.25) is 14.8 Å². The molecular weight excluding hydrogens is 260 g/mol. The molecule has 0 unspecified atom stereocenters. The number of anilines is 2. The monoisotopic (exact) mass is 270 g/mol. The van der Waals surface area contributed by atoms with Crippen molar-refractivity contribution >= 4 is 28.2 Å². The van der Waals surface area contributed by atoms with Crippen LogP contribution in [0.25, 0.3) is 10.9 Å². The van der Waals surface area contributed by atoms with Gasteiger partial charge in [-0.25, -0.2) is 9.97 Å². The number of rotatable bonds is 3. The van der Waals surface area contributed by atoms with E-state index in [1.54, 1.807) is 30.1 Å². The van der Waals surface area contributed by atoms with Crippen molar-refractivity contribution in [3.63, 3.8) is 0 Å². The van der Waals surface area contributed by atoms with E-state index in [1.807, 2.05) is 0 Å². The third-order valence-electron chi connectivity index (χ3n) is 2.79. The fourth-order valence-electron chi connectivity index (χ4n) is 1.86. The first kappa shape index (κ1) is 12.0. The Kier molecular flexibility index (Phi) is 2.75. The second kappa shape index (κ2) is 4.57. The Morgan fingerprint density at radius 2 is 2.15 bits per heavy atom. The minimum Gasteiger partial charge on any atom is -0.323 e. The maximum atomic E-state index is 10.8. The molecule has 20 heavy (non-hydrogen) atoms. The summed E-state index contributed by atoms with van der Waals surface area (Å²) >= 11 is 0. The minimum absolute atomic E-state index is 0.00336. The summed E-state index contributed by atoms with van der Waals surface area (Å²) in [5.74, 6) is 1.09. The zero-order chi connectivity index (χ0) is 14.1. The smallest absolute Gasteiger partial charge is 0.270 e. The van der Waals surface area contributed by atoms with Gasteiger partial charge in [0, 0.05) is 36.8 Å². The summed E-state index contributed by atoms with van der Waals surface area (Å²) in [5.41, 5.74) is 0.625. The molecule has 3 rings (SSSR count). The lowest BCUT2D eigenvalue weighted by atomic mass is 10.2. The molecule has 0 aliphatic heterocycles. The molecule has 0 aliphatic rings. The number of benzene rings is 1. The number of aromatic nitrogens is 4. The highest BCUT2D eigenvalue weighted by Crippen LogP contribution is 2.25. The molecule has 1 N–H and O–H groups in total. The summed E-state index contributed by atoms with van der Waals surface area (Å²) in [6.45, 7) is 0. The van der Waals surface area contributed by atoms with Crippen molar-refractivity contribution in [2.45, 2.75) is 0 Å². The first-order valence-electron chi connectivity index (χ1n) is 5.79. The van der Waals surface area contributed by atoms with Crippen LogP contribution in [0.5, 0.6) is 0 Å². The summed E-state index contributed by atoms with van der Waals surface area (Å²) in [4.78, 5) is 18.6. The zero-order valence-electron chi connectivity index (χ0n) is 10.5. The highest BCUT2D eigenvalue weighted by molar-refractivity contribution is 5.91. The lowest BCUT2D eigenvalue weighted by Gasteiger charge is -2.05. The molecule has 0 saturated heterocycles. The number of nitro benzene ring substituents is 1. The molecule has 0 aliphatic carbocycles. The van der Waals surface area contributed by atoms with Crippen LogP contribution < -0.4 is 5.32 Å². The van der Waals surface area contributed by atoms with Gasteiger partial charge in [0.15, 0.2) is 5.82 Å². The standard InChI is InChI=1S/C12H10N6O2/c1-17-5-4-11(16-17)15-12-9-6-8(18(19)20)2-3-10(9)13-7-14-12/h2-7H,1H3,(H,13,14,15,16). The van der Waals surface area contributed by atoms with E-state index in [0.29, 0.717) is 22.5 Å². The van der Waals surface area contributed by atoms with Crippen molar-refractivity contribution in [2.75, 3.05) is 5.32 Å². The second-order valence-corrected chi connectivity index (χ2v) is 4.18. The van der Waals surface area contributed by atoms with Crippen LogP contribution in [0.15, 0.2) is 36.8 Å². The molecular formula is C12H10N6O2. The van der Waals surface area contributed by atoms with Crippen molar-refractivity contribution in [3.05, 3.63) is 46.9 Å². The summed E-state index contributed by atoms with van der Waals surface area (Å²) in [7, 11) is 1.80. The molecule has 0 spiro atoms. The highest BCUT2D eigenvalue weighted by atomic mass is 16.6. The van der Waals surface area contributed by atoms with Crippen LogP contribution in [0.4, 0.5) is 17.3 Å². The number of aryl methyl sites for hydroxylation is 1. The van der Waals surface area contributed by atoms with E-state index in [0.717, 1.165) is 0 Å².